The highest BCUT2D eigenvalue weighted by molar-refractivity contribution is 5.98. The maximum absolute atomic E-state index is 4.57. The fraction of sp³-hybridized carbons (Fsp3) is 0.320. The quantitative estimate of drug-likeness (QED) is 0.484. The highest BCUT2D eigenvalue weighted by Crippen LogP contribution is 2.31. The van der Waals surface area contributed by atoms with Gasteiger partial charge in [0.1, 0.15) is 0 Å². The summed E-state index contributed by atoms with van der Waals surface area (Å²) in [6.07, 6.45) is 13.5. The Labute approximate surface area is 156 Å². The summed E-state index contributed by atoms with van der Waals surface area (Å²) in [6.45, 7) is 3.91. The van der Waals surface area contributed by atoms with Crippen molar-refractivity contribution in [3.05, 3.63) is 72.4 Å². The highest BCUT2D eigenvalue weighted by atomic mass is 14.6. The van der Waals surface area contributed by atoms with E-state index in [0.29, 0.717) is 0 Å². The molecule has 0 unspecified atom stereocenters. The van der Waals surface area contributed by atoms with Crippen LogP contribution in [0.15, 0.2) is 61.3 Å². The number of rotatable bonds is 5. The molecule has 0 aliphatic heterocycles. The SMILES string of the molecule is C=Cc1ccc(-c2ccc(CCC3CCCCC3)cc2)c2cccnc12. The molecule has 26 heavy (non-hydrogen) atoms. The number of aromatic nitrogens is 1. The van der Waals surface area contributed by atoms with Crippen molar-refractivity contribution in [2.75, 3.05) is 0 Å². The van der Waals surface area contributed by atoms with Gasteiger partial charge in [-0.05, 0) is 41.5 Å². The van der Waals surface area contributed by atoms with E-state index in [2.05, 4.69) is 54.0 Å². The molecular formula is C25H27N. The van der Waals surface area contributed by atoms with Crippen LogP contribution in [0.25, 0.3) is 28.1 Å². The molecule has 1 fully saturated rings. The minimum atomic E-state index is 0.949. The molecule has 1 aliphatic carbocycles. The number of aryl methyl sites for hydroxylation is 1. The van der Waals surface area contributed by atoms with Crippen molar-refractivity contribution < 1.29 is 0 Å². The number of pyridine rings is 1. The van der Waals surface area contributed by atoms with Crippen LogP contribution in [0.5, 0.6) is 0 Å². The number of hydrogen-bond donors (Lipinski definition) is 0. The van der Waals surface area contributed by atoms with Gasteiger partial charge in [-0.3, -0.25) is 4.98 Å². The van der Waals surface area contributed by atoms with Crippen LogP contribution in [-0.4, -0.2) is 4.98 Å². The Morgan fingerprint density at radius 1 is 0.962 bits per heavy atom. The summed E-state index contributed by atoms with van der Waals surface area (Å²) in [6, 6.07) is 17.6. The second-order valence-corrected chi connectivity index (χ2v) is 7.55. The lowest BCUT2D eigenvalue weighted by Crippen LogP contribution is -2.07. The van der Waals surface area contributed by atoms with Gasteiger partial charge in [-0.25, -0.2) is 0 Å². The molecule has 2 aromatic carbocycles. The number of hydrogen-bond acceptors (Lipinski definition) is 1. The average Bonchev–Trinajstić information content (AvgIpc) is 2.72. The minimum Gasteiger partial charge on any atom is -0.256 e. The Kier molecular flexibility index (Phi) is 5.15. The van der Waals surface area contributed by atoms with Gasteiger partial charge >= 0.3 is 0 Å². The maximum atomic E-state index is 4.57. The zero-order valence-electron chi connectivity index (χ0n) is 15.5. The van der Waals surface area contributed by atoms with E-state index < -0.39 is 0 Å². The van der Waals surface area contributed by atoms with E-state index in [0.717, 1.165) is 17.0 Å². The smallest absolute Gasteiger partial charge is 0.0780 e. The molecule has 0 radical (unpaired) electrons. The Bertz CT molecular complexity index is 886. The van der Waals surface area contributed by atoms with Gasteiger partial charge in [0.2, 0.25) is 0 Å². The number of benzene rings is 2. The van der Waals surface area contributed by atoms with Crippen molar-refractivity contribution in [3.8, 4) is 11.1 Å². The molecule has 4 rings (SSSR count). The van der Waals surface area contributed by atoms with Crippen LogP contribution in [-0.2, 0) is 6.42 Å². The first-order chi connectivity index (χ1) is 12.8. The number of fused-ring (bicyclic) bond motifs is 1. The van der Waals surface area contributed by atoms with Crippen LogP contribution in [0, 0.1) is 5.92 Å². The first-order valence-electron chi connectivity index (χ1n) is 9.94. The molecule has 1 heterocycles. The van der Waals surface area contributed by atoms with E-state index in [1.54, 1.807) is 0 Å². The predicted molar refractivity (Wildman–Crippen MR) is 112 cm³/mol. The van der Waals surface area contributed by atoms with Gasteiger partial charge in [0.05, 0.1) is 5.52 Å². The highest BCUT2D eigenvalue weighted by Gasteiger charge is 2.13. The molecule has 3 aromatic rings. The summed E-state index contributed by atoms with van der Waals surface area (Å²) in [5.41, 5.74) is 6.09. The van der Waals surface area contributed by atoms with Gasteiger partial charge in [-0.15, -0.1) is 0 Å². The Hall–Kier alpha value is -2.41. The zero-order chi connectivity index (χ0) is 17.8. The molecule has 0 atom stereocenters. The first-order valence-corrected chi connectivity index (χ1v) is 9.94. The second-order valence-electron chi connectivity index (χ2n) is 7.55. The molecule has 1 aromatic heterocycles. The summed E-state index contributed by atoms with van der Waals surface area (Å²) >= 11 is 0. The van der Waals surface area contributed by atoms with Crippen molar-refractivity contribution in [1.82, 2.24) is 4.98 Å². The Morgan fingerprint density at radius 2 is 1.77 bits per heavy atom. The van der Waals surface area contributed by atoms with Crippen LogP contribution in [0.4, 0.5) is 0 Å². The molecule has 1 heteroatoms. The fourth-order valence-corrected chi connectivity index (χ4v) is 4.31. The molecule has 1 nitrogen and oxygen atoms in total. The average molecular weight is 341 g/mol. The van der Waals surface area contributed by atoms with Gasteiger partial charge in [0.25, 0.3) is 0 Å². The molecule has 132 valence electrons. The topological polar surface area (TPSA) is 12.9 Å². The molecule has 1 aliphatic rings. The lowest BCUT2D eigenvalue weighted by molar-refractivity contribution is 0.339. The Morgan fingerprint density at radius 3 is 2.54 bits per heavy atom. The molecule has 1 saturated carbocycles. The number of nitrogens with zero attached hydrogens (tertiary/aromatic N) is 1. The predicted octanol–water partition coefficient (Wildman–Crippen LogP) is 7.06. The van der Waals surface area contributed by atoms with Gasteiger partial charge in [0, 0.05) is 17.1 Å². The minimum absolute atomic E-state index is 0.949. The van der Waals surface area contributed by atoms with Gasteiger partial charge in [-0.2, -0.15) is 0 Å². The maximum Gasteiger partial charge on any atom is 0.0780 e. The van der Waals surface area contributed by atoms with Crippen LogP contribution >= 0.6 is 0 Å². The van der Waals surface area contributed by atoms with E-state index in [1.165, 1.54) is 67.0 Å². The van der Waals surface area contributed by atoms with Crippen molar-refractivity contribution >= 4 is 17.0 Å². The molecule has 0 N–H and O–H groups in total. The van der Waals surface area contributed by atoms with Crippen LogP contribution < -0.4 is 0 Å². The zero-order valence-corrected chi connectivity index (χ0v) is 15.5. The van der Waals surface area contributed by atoms with Crippen LogP contribution in [0.1, 0.15) is 49.7 Å². The third-order valence-corrected chi connectivity index (χ3v) is 5.85. The second kappa shape index (κ2) is 7.86. The van der Waals surface area contributed by atoms with Gasteiger partial charge < -0.3 is 0 Å². The summed E-state index contributed by atoms with van der Waals surface area (Å²) < 4.78 is 0. The summed E-state index contributed by atoms with van der Waals surface area (Å²) in [5, 5.41) is 1.19. The van der Waals surface area contributed by atoms with Crippen molar-refractivity contribution in [2.24, 2.45) is 5.92 Å². The van der Waals surface area contributed by atoms with Crippen molar-refractivity contribution in [3.63, 3.8) is 0 Å². The fourth-order valence-electron chi connectivity index (χ4n) is 4.31. The van der Waals surface area contributed by atoms with Crippen molar-refractivity contribution in [1.29, 1.82) is 0 Å². The van der Waals surface area contributed by atoms with Crippen LogP contribution in [0.2, 0.25) is 0 Å². The van der Waals surface area contributed by atoms with E-state index in [-0.39, 0.29) is 0 Å². The summed E-state index contributed by atoms with van der Waals surface area (Å²) in [4.78, 5) is 4.57. The van der Waals surface area contributed by atoms with E-state index >= 15 is 0 Å². The normalized spacial score (nSPS) is 15.2. The third-order valence-electron chi connectivity index (χ3n) is 5.85. The van der Waals surface area contributed by atoms with Gasteiger partial charge in [0.15, 0.2) is 0 Å². The monoisotopic (exact) mass is 341 g/mol. The summed E-state index contributed by atoms with van der Waals surface area (Å²) in [7, 11) is 0. The molecule has 0 amide bonds. The lowest BCUT2D eigenvalue weighted by atomic mass is 9.85. The lowest BCUT2D eigenvalue weighted by Gasteiger charge is -2.21. The molecular weight excluding hydrogens is 314 g/mol. The van der Waals surface area contributed by atoms with Crippen LogP contribution in [0.3, 0.4) is 0 Å². The molecule has 0 saturated heterocycles. The van der Waals surface area contributed by atoms with Gasteiger partial charge in [-0.1, -0.05) is 87.2 Å². The van der Waals surface area contributed by atoms with E-state index in [4.69, 9.17) is 0 Å². The molecule has 0 spiro atoms. The van der Waals surface area contributed by atoms with E-state index in [9.17, 15) is 0 Å². The summed E-state index contributed by atoms with van der Waals surface area (Å²) in [5.74, 6) is 0.949. The van der Waals surface area contributed by atoms with Crippen molar-refractivity contribution in [2.45, 2.75) is 44.9 Å². The largest absolute Gasteiger partial charge is 0.256 e. The van der Waals surface area contributed by atoms with E-state index in [1.807, 2.05) is 18.3 Å². The molecule has 0 bridgehead atoms. The first kappa shape index (κ1) is 17.0. The standard InChI is InChI=1S/C25H27N/c1-2-21-16-17-23(24-9-6-18-26-25(21)24)22-14-12-20(13-15-22)11-10-19-7-4-3-5-8-19/h2,6,9,12-19H,1,3-5,7-8,10-11H2. The Balaban J connectivity index is 1.55. The third kappa shape index (κ3) is 3.58.